The number of rotatable bonds is 2. The molecule has 0 aliphatic rings. The van der Waals surface area contributed by atoms with Crippen LogP contribution in [0, 0.1) is 0 Å². The largest absolute Gasteiger partial charge is 0.504 e. The first-order valence-electron chi connectivity index (χ1n) is 5.11. The van der Waals surface area contributed by atoms with Crippen LogP contribution in [0.5, 0.6) is 11.5 Å². The van der Waals surface area contributed by atoms with Crippen molar-refractivity contribution in [3.05, 3.63) is 58.1 Å². The first-order valence-corrected chi connectivity index (χ1v) is 5.91. The summed E-state index contributed by atoms with van der Waals surface area (Å²) in [7, 11) is 0. The normalized spacial score (nSPS) is 10.9. The lowest BCUT2D eigenvalue weighted by Crippen LogP contribution is -1.76. The molecule has 0 fully saturated rings. The van der Waals surface area contributed by atoms with E-state index in [2.05, 4.69) is 15.9 Å². The third-order valence-electron chi connectivity index (χ3n) is 2.37. The highest BCUT2D eigenvalue weighted by atomic mass is 79.9. The lowest BCUT2D eigenvalue weighted by Gasteiger charge is -2.01. The highest BCUT2D eigenvalue weighted by molar-refractivity contribution is 9.10. The van der Waals surface area contributed by atoms with Crippen LogP contribution in [0.25, 0.3) is 12.2 Å². The number of hydrogen-bond donors (Lipinski definition) is 2. The second-order valence-corrected chi connectivity index (χ2v) is 4.52. The molecule has 0 aromatic heterocycles. The molecule has 0 aliphatic carbocycles. The van der Waals surface area contributed by atoms with Gasteiger partial charge in [-0.05, 0) is 23.8 Å². The Morgan fingerprint density at radius 3 is 2.29 bits per heavy atom. The molecule has 0 radical (unpaired) electrons. The summed E-state index contributed by atoms with van der Waals surface area (Å²) in [6.45, 7) is 0. The molecule has 2 aromatic rings. The van der Waals surface area contributed by atoms with E-state index in [9.17, 15) is 10.2 Å². The van der Waals surface area contributed by atoms with Crippen LogP contribution < -0.4 is 0 Å². The monoisotopic (exact) mass is 290 g/mol. The SMILES string of the molecule is Oc1cccc(C=Cc2ccc(Br)cc2)c1O. The third-order valence-corrected chi connectivity index (χ3v) is 2.90. The van der Waals surface area contributed by atoms with Gasteiger partial charge in [-0.25, -0.2) is 0 Å². The Bertz CT molecular complexity index is 545. The van der Waals surface area contributed by atoms with E-state index in [0.717, 1.165) is 10.0 Å². The van der Waals surface area contributed by atoms with Gasteiger partial charge in [0.2, 0.25) is 0 Å². The van der Waals surface area contributed by atoms with Crippen LogP contribution in [0.3, 0.4) is 0 Å². The Labute approximate surface area is 108 Å². The van der Waals surface area contributed by atoms with E-state index in [1.54, 1.807) is 18.2 Å². The van der Waals surface area contributed by atoms with E-state index in [1.165, 1.54) is 6.07 Å². The number of hydrogen-bond acceptors (Lipinski definition) is 2. The molecule has 17 heavy (non-hydrogen) atoms. The van der Waals surface area contributed by atoms with Gasteiger partial charge in [-0.1, -0.05) is 52.3 Å². The lowest BCUT2D eigenvalue weighted by atomic mass is 10.1. The van der Waals surface area contributed by atoms with Crippen molar-refractivity contribution in [2.24, 2.45) is 0 Å². The van der Waals surface area contributed by atoms with Crippen LogP contribution in [0.1, 0.15) is 11.1 Å². The molecule has 86 valence electrons. The van der Waals surface area contributed by atoms with Crippen LogP contribution in [-0.2, 0) is 0 Å². The zero-order chi connectivity index (χ0) is 12.3. The predicted molar refractivity (Wildman–Crippen MR) is 72.8 cm³/mol. The van der Waals surface area contributed by atoms with E-state index in [4.69, 9.17) is 0 Å². The van der Waals surface area contributed by atoms with Crippen molar-refractivity contribution in [3.63, 3.8) is 0 Å². The molecular formula is C14H11BrO2. The van der Waals surface area contributed by atoms with Gasteiger partial charge in [0.25, 0.3) is 0 Å². The van der Waals surface area contributed by atoms with Crippen LogP contribution >= 0.6 is 15.9 Å². The van der Waals surface area contributed by atoms with Gasteiger partial charge < -0.3 is 10.2 Å². The summed E-state index contributed by atoms with van der Waals surface area (Å²) in [5.74, 6) is -0.205. The van der Waals surface area contributed by atoms with Gasteiger partial charge in [-0.2, -0.15) is 0 Å². The Hall–Kier alpha value is -1.74. The topological polar surface area (TPSA) is 40.5 Å². The molecule has 2 rings (SSSR count). The van der Waals surface area contributed by atoms with E-state index in [0.29, 0.717) is 5.56 Å². The summed E-state index contributed by atoms with van der Waals surface area (Å²) in [6.07, 6.45) is 3.64. The van der Waals surface area contributed by atoms with Crippen molar-refractivity contribution in [2.45, 2.75) is 0 Å². The summed E-state index contributed by atoms with van der Waals surface area (Å²) >= 11 is 3.37. The molecule has 0 saturated heterocycles. The summed E-state index contributed by atoms with van der Waals surface area (Å²) in [6, 6.07) is 12.7. The fourth-order valence-electron chi connectivity index (χ4n) is 1.44. The number of halogens is 1. The standard InChI is InChI=1S/C14H11BrO2/c15-12-8-5-10(6-9-12)4-7-11-2-1-3-13(16)14(11)17/h1-9,16-17H. The summed E-state index contributed by atoms with van der Waals surface area (Å²) < 4.78 is 1.02. The van der Waals surface area contributed by atoms with Crippen LogP contribution in [0.15, 0.2) is 46.9 Å². The fourth-order valence-corrected chi connectivity index (χ4v) is 1.71. The molecule has 0 unspecified atom stereocenters. The minimum atomic E-state index is -0.108. The second-order valence-electron chi connectivity index (χ2n) is 3.60. The third kappa shape index (κ3) is 2.88. The average molecular weight is 291 g/mol. The quantitative estimate of drug-likeness (QED) is 0.648. The molecule has 0 atom stereocenters. The minimum absolute atomic E-state index is 0.0964. The first kappa shape index (κ1) is 11.7. The molecule has 2 N–H and O–H groups in total. The van der Waals surface area contributed by atoms with Crippen molar-refractivity contribution in [3.8, 4) is 11.5 Å². The molecule has 0 amide bonds. The van der Waals surface area contributed by atoms with E-state index < -0.39 is 0 Å². The van der Waals surface area contributed by atoms with Crippen LogP contribution in [-0.4, -0.2) is 10.2 Å². The van der Waals surface area contributed by atoms with Gasteiger partial charge in [0.1, 0.15) is 0 Å². The number of phenols is 2. The van der Waals surface area contributed by atoms with Crippen molar-refractivity contribution in [1.29, 1.82) is 0 Å². The number of benzene rings is 2. The Balaban J connectivity index is 2.26. The molecule has 0 heterocycles. The van der Waals surface area contributed by atoms with Gasteiger partial charge in [-0.3, -0.25) is 0 Å². The predicted octanol–water partition coefficient (Wildman–Crippen LogP) is 4.03. The van der Waals surface area contributed by atoms with Crippen molar-refractivity contribution in [2.75, 3.05) is 0 Å². The maximum Gasteiger partial charge on any atom is 0.164 e. The van der Waals surface area contributed by atoms with E-state index in [1.807, 2.05) is 30.3 Å². The average Bonchev–Trinajstić information content (AvgIpc) is 2.33. The zero-order valence-corrected chi connectivity index (χ0v) is 10.6. The Morgan fingerprint density at radius 1 is 0.882 bits per heavy atom. The molecule has 0 bridgehead atoms. The molecule has 0 saturated carbocycles. The highest BCUT2D eigenvalue weighted by Crippen LogP contribution is 2.29. The second kappa shape index (κ2) is 5.06. The molecular weight excluding hydrogens is 280 g/mol. The van der Waals surface area contributed by atoms with Gasteiger partial charge in [0.05, 0.1) is 0 Å². The Morgan fingerprint density at radius 2 is 1.59 bits per heavy atom. The number of aromatic hydroxyl groups is 2. The van der Waals surface area contributed by atoms with Crippen molar-refractivity contribution in [1.82, 2.24) is 0 Å². The molecule has 2 nitrogen and oxygen atoms in total. The van der Waals surface area contributed by atoms with Gasteiger partial charge >= 0.3 is 0 Å². The van der Waals surface area contributed by atoms with Gasteiger partial charge in [-0.15, -0.1) is 0 Å². The van der Waals surface area contributed by atoms with E-state index in [-0.39, 0.29) is 11.5 Å². The zero-order valence-electron chi connectivity index (χ0n) is 8.97. The summed E-state index contributed by atoms with van der Waals surface area (Å²) in [5.41, 5.74) is 1.61. The maximum atomic E-state index is 9.61. The Kier molecular flexibility index (Phi) is 3.49. The summed E-state index contributed by atoms with van der Waals surface area (Å²) in [4.78, 5) is 0. The highest BCUT2D eigenvalue weighted by Gasteiger charge is 2.01. The number of phenolic OH excluding ortho intramolecular Hbond substituents is 2. The van der Waals surface area contributed by atoms with E-state index >= 15 is 0 Å². The van der Waals surface area contributed by atoms with Crippen LogP contribution in [0.2, 0.25) is 0 Å². The molecule has 0 spiro atoms. The maximum absolute atomic E-state index is 9.61. The fraction of sp³-hybridized carbons (Fsp3) is 0. The van der Waals surface area contributed by atoms with Gasteiger partial charge in [0.15, 0.2) is 11.5 Å². The molecule has 0 aliphatic heterocycles. The van der Waals surface area contributed by atoms with Gasteiger partial charge in [0, 0.05) is 10.0 Å². The number of para-hydroxylation sites is 1. The smallest absolute Gasteiger partial charge is 0.164 e. The van der Waals surface area contributed by atoms with Crippen molar-refractivity contribution >= 4 is 28.1 Å². The lowest BCUT2D eigenvalue weighted by molar-refractivity contribution is 0.403. The molecule has 2 aromatic carbocycles. The van der Waals surface area contributed by atoms with Crippen LogP contribution in [0.4, 0.5) is 0 Å². The first-order chi connectivity index (χ1) is 8.16. The summed E-state index contributed by atoms with van der Waals surface area (Å²) in [5, 5.41) is 19.0. The van der Waals surface area contributed by atoms with Crippen molar-refractivity contribution < 1.29 is 10.2 Å². The molecule has 3 heteroatoms. The minimum Gasteiger partial charge on any atom is -0.504 e.